The number of primary amides is 1. The van der Waals surface area contributed by atoms with Gasteiger partial charge in [0, 0.05) is 26.3 Å². The van der Waals surface area contributed by atoms with Crippen LogP contribution in [0.5, 0.6) is 0 Å². The van der Waals surface area contributed by atoms with E-state index in [0.29, 0.717) is 24.0 Å². The van der Waals surface area contributed by atoms with Crippen LogP contribution in [0, 0.1) is 0 Å². The van der Waals surface area contributed by atoms with Crippen LogP contribution in [0.3, 0.4) is 0 Å². The Bertz CT molecular complexity index is 335. The molecule has 1 rings (SSSR count). The van der Waals surface area contributed by atoms with Crippen LogP contribution in [-0.4, -0.2) is 17.5 Å². The molecule has 0 aromatic heterocycles. The van der Waals surface area contributed by atoms with Gasteiger partial charge < -0.3 is 5.73 Å². The zero-order chi connectivity index (χ0) is 12.7. The quantitative estimate of drug-likeness (QED) is 0.798. The minimum absolute atomic E-state index is 0. The summed E-state index contributed by atoms with van der Waals surface area (Å²) in [5.41, 5.74) is 5.97. The average Bonchev–Trinajstić information content (AvgIpc) is 2.26. The van der Waals surface area contributed by atoms with Crippen molar-refractivity contribution in [1.82, 2.24) is 0 Å². The molecule has 16 heavy (non-hydrogen) atoms. The molecular formula is C12H21NO3. The molecule has 0 spiro atoms. The SMILES string of the molecule is CC.CC1=C(CCC(N)=O)C(=O)CCC1=O.[HH]. The largest absolute Gasteiger partial charge is 0.370 e. The molecule has 0 aromatic rings. The molecule has 0 bridgehead atoms. The number of carbonyl (C=O) groups is 3. The zero-order valence-electron chi connectivity index (χ0n) is 10.1. The maximum Gasteiger partial charge on any atom is 0.217 e. The van der Waals surface area contributed by atoms with Crippen molar-refractivity contribution in [3.05, 3.63) is 11.1 Å². The number of allylic oxidation sites excluding steroid dienone is 2. The summed E-state index contributed by atoms with van der Waals surface area (Å²) < 4.78 is 0. The van der Waals surface area contributed by atoms with E-state index in [1.165, 1.54) is 0 Å². The van der Waals surface area contributed by atoms with E-state index >= 15 is 0 Å². The molecule has 2 N–H and O–H groups in total. The van der Waals surface area contributed by atoms with Gasteiger partial charge in [-0.1, -0.05) is 13.8 Å². The van der Waals surface area contributed by atoms with E-state index in [1.807, 2.05) is 13.8 Å². The van der Waals surface area contributed by atoms with Crippen molar-refractivity contribution >= 4 is 17.5 Å². The fourth-order valence-corrected chi connectivity index (χ4v) is 1.52. The van der Waals surface area contributed by atoms with Crippen LogP contribution in [0.4, 0.5) is 0 Å². The molecule has 0 saturated carbocycles. The fourth-order valence-electron chi connectivity index (χ4n) is 1.52. The molecule has 4 nitrogen and oxygen atoms in total. The lowest BCUT2D eigenvalue weighted by Gasteiger charge is -2.14. The van der Waals surface area contributed by atoms with E-state index in [2.05, 4.69) is 0 Å². The topological polar surface area (TPSA) is 77.2 Å². The first kappa shape index (κ1) is 14.6. The molecule has 0 aliphatic heterocycles. The Balaban J connectivity index is 0. The minimum atomic E-state index is -0.448. The molecule has 0 saturated heterocycles. The van der Waals surface area contributed by atoms with E-state index < -0.39 is 5.91 Å². The Kier molecular flexibility index (Phi) is 6.30. The van der Waals surface area contributed by atoms with Crippen molar-refractivity contribution < 1.29 is 15.8 Å². The molecular weight excluding hydrogens is 206 g/mol. The normalized spacial score (nSPS) is 15.7. The summed E-state index contributed by atoms with van der Waals surface area (Å²) in [5, 5.41) is 0. The van der Waals surface area contributed by atoms with Crippen LogP contribution < -0.4 is 5.73 Å². The highest BCUT2D eigenvalue weighted by Gasteiger charge is 2.23. The van der Waals surface area contributed by atoms with Crippen LogP contribution in [0.1, 0.15) is 47.9 Å². The lowest BCUT2D eigenvalue weighted by Crippen LogP contribution is -2.20. The molecule has 0 heterocycles. The molecule has 0 unspecified atom stereocenters. The summed E-state index contributed by atoms with van der Waals surface area (Å²) in [6.45, 7) is 5.63. The van der Waals surface area contributed by atoms with E-state index in [9.17, 15) is 14.4 Å². The highest BCUT2D eigenvalue weighted by Crippen LogP contribution is 2.22. The molecule has 0 aromatic carbocycles. The molecule has 1 amide bonds. The van der Waals surface area contributed by atoms with Gasteiger partial charge in [0.25, 0.3) is 0 Å². The highest BCUT2D eigenvalue weighted by molar-refractivity contribution is 6.11. The number of amides is 1. The molecule has 4 heteroatoms. The molecule has 0 fully saturated rings. The third kappa shape index (κ3) is 3.96. The summed E-state index contributed by atoms with van der Waals surface area (Å²) in [6, 6.07) is 0. The van der Waals surface area contributed by atoms with Gasteiger partial charge in [0.15, 0.2) is 11.6 Å². The summed E-state index contributed by atoms with van der Waals surface area (Å²) in [5.74, 6) is -0.469. The molecule has 1 aliphatic carbocycles. The summed E-state index contributed by atoms with van der Waals surface area (Å²) in [7, 11) is 0. The van der Waals surface area contributed by atoms with Gasteiger partial charge in [-0.2, -0.15) is 0 Å². The van der Waals surface area contributed by atoms with Crippen LogP contribution in [-0.2, 0) is 14.4 Å². The Labute approximate surface area is 97.4 Å². The molecule has 0 atom stereocenters. The second kappa shape index (κ2) is 6.93. The lowest BCUT2D eigenvalue weighted by atomic mass is 9.88. The maximum atomic E-state index is 11.4. The first-order chi connectivity index (χ1) is 7.52. The molecule has 0 radical (unpaired) electrons. The molecule has 1 aliphatic rings. The molecule has 92 valence electrons. The van der Waals surface area contributed by atoms with Gasteiger partial charge in [-0.25, -0.2) is 0 Å². The van der Waals surface area contributed by atoms with Gasteiger partial charge in [-0.05, 0) is 18.9 Å². The predicted octanol–water partition coefficient (Wildman–Crippen LogP) is 1.77. The number of carbonyl (C=O) groups excluding carboxylic acids is 3. The summed E-state index contributed by atoms with van der Waals surface area (Å²) in [4.78, 5) is 33.2. The Morgan fingerprint density at radius 1 is 1.25 bits per heavy atom. The minimum Gasteiger partial charge on any atom is -0.370 e. The Morgan fingerprint density at radius 3 is 2.25 bits per heavy atom. The summed E-state index contributed by atoms with van der Waals surface area (Å²) >= 11 is 0. The summed E-state index contributed by atoms with van der Waals surface area (Å²) in [6.07, 6.45) is 0.993. The van der Waals surface area contributed by atoms with E-state index in [-0.39, 0.29) is 25.8 Å². The van der Waals surface area contributed by atoms with Crippen molar-refractivity contribution in [2.75, 3.05) is 0 Å². The van der Waals surface area contributed by atoms with Gasteiger partial charge in [-0.15, -0.1) is 0 Å². The fraction of sp³-hybridized carbons (Fsp3) is 0.583. The number of Topliss-reactive ketones (excluding diaryl/α,β-unsaturated/α-hetero) is 2. The standard InChI is InChI=1S/C10H13NO3.C2H6.H2/c1-6-7(2-5-10(11)14)9(13)4-3-8(6)12;1-2;/h2-5H2,1H3,(H2,11,14);1-2H3;1H. The van der Waals surface area contributed by atoms with Crippen molar-refractivity contribution in [2.24, 2.45) is 5.73 Å². The predicted molar refractivity (Wildman–Crippen MR) is 63.8 cm³/mol. The second-order valence-electron chi connectivity index (χ2n) is 3.42. The van der Waals surface area contributed by atoms with Crippen LogP contribution in [0.2, 0.25) is 0 Å². The van der Waals surface area contributed by atoms with Gasteiger partial charge in [0.1, 0.15) is 0 Å². The number of hydrogen-bond acceptors (Lipinski definition) is 3. The van der Waals surface area contributed by atoms with Gasteiger partial charge in [-0.3, -0.25) is 14.4 Å². The smallest absolute Gasteiger partial charge is 0.217 e. The third-order valence-corrected chi connectivity index (χ3v) is 2.41. The van der Waals surface area contributed by atoms with E-state index in [4.69, 9.17) is 5.73 Å². The van der Waals surface area contributed by atoms with Gasteiger partial charge in [0.2, 0.25) is 5.91 Å². The van der Waals surface area contributed by atoms with Crippen LogP contribution in [0.15, 0.2) is 11.1 Å². The monoisotopic (exact) mass is 227 g/mol. The Hall–Kier alpha value is -1.45. The van der Waals surface area contributed by atoms with Gasteiger partial charge in [0.05, 0.1) is 0 Å². The van der Waals surface area contributed by atoms with Crippen molar-refractivity contribution in [3.63, 3.8) is 0 Å². The van der Waals surface area contributed by atoms with Crippen molar-refractivity contribution in [1.29, 1.82) is 0 Å². The van der Waals surface area contributed by atoms with Crippen LogP contribution >= 0.6 is 0 Å². The van der Waals surface area contributed by atoms with Crippen molar-refractivity contribution in [2.45, 2.75) is 46.5 Å². The van der Waals surface area contributed by atoms with Crippen molar-refractivity contribution in [3.8, 4) is 0 Å². The second-order valence-corrected chi connectivity index (χ2v) is 3.42. The third-order valence-electron chi connectivity index (χ3n) is 2.41. The number of hydrogen-bond donors (Lipinski definition) is 1. The Morgan fingerprint density at radius 2 is 1.75 bits per heavy atom. The van der Waals surface area contributed by atoms with Crippen LogP contribution in [0.25, 0.3) is 0 Å². The zero-order valence-corrected chi connectivity index (χ0v) is 10.1. The first-order valence-electron chi connectivity index (χ1n) is 5.57. The van der Waals surface area contributed by atoms with Gasteiger partial charge >= 0.3 is 0 Å². The maximum absolute atomic E-state index is 11.4. The van der Waals surface area contributed by atoms with E-state index in [0.717, 1.165) is 0 Å². The lowest BCUT2D eigenvalue weighted by molar-refractivity contribution is -0.122. The van der Waals surface area contributed by atoms with E-state index in [1.54, 1.807) is 6.92 Å². The highest BCUT2D eigenvalue weighted by atomic mass is 16.1. The number of nitrogens with two attached hydrogens (primary N) is 1. The average molecular weight is 227 g/mol. The first-order valence-corrected chi connectivity index (χ1v) is 5.57. The number of rotatable bonds is 3. The number of ketones is 2.